The number of aryl methyl sites for hydroxylation is 1. The number of nitrogens with zero attached hydrogens (tertiary/aromatic N) is 2. The quantitative estimate of drug-likeness (QED) is 0.684. The number of rotatable bonds is 3. The molecular formula is C8H14N4O. The zero-order chi connectivity index (χ0) is 10.0. The van der Waals surface area contributed by atoms with Gasteiger partial charge in [0.15, 0.2) is 0 Å². The van der Waals surface area contributed by atoms with Crippen molar-refractivity contribution >= 4 is 11.7 Å². The molecule has 5 nitrogen and oxygen atoms in total. The van der Waals surface area contributed by atoms with Crippen molar-refractivity contribution in [3.05, 3.63) is 11.8 Å². The van der Waals surface area contributed by atoms with Gasteiger partial charge in [0.2, 0.25) is 5.91 Å². The lowest BCUT2D eigenvalue weighted by molar-refractivity contribution is -0.121. The zero-order valence-electron chi connectivity index (χ0n) is 7.82. The number of carbonyl (C=O) groups is 1. The van der Waals surface area contributed by atoms with Crippen LogP contribution in [0, 0.1) is 12.8 Å². The van der Waals surface area contributed by atoms with Gasteiger partial charge in [-0.1, -0.05) is 6.92 Å². The smallest absolute Gasteiger partial charge is 0.222 e. The number of primary amides is 1. The summed E-state index contributed by atoms with van der Waals surface area (Å²) in [6, 6.07) is 0. The third-order valence-electron chi connectivity index (χ3n) is 1.93. The fraction of sp³-hybridized carbons (Fsp3) is 0.500. The summed E-state index contributed by atoms with van der Waals surface area (Å²) in [5.74, 6) is -0.0536. The Morgan fingerprint density at radius 2 is 2.38 bits per heavy atom. The molecule has 0 aliphatic heterocycles. The van der Waals surface area contributed by atoms with Gasteiger partial charge in [-0.05, 0) is 6.92 Å². The van der Waals surface area contributed by atoms with Crippen LogP contribution >= 0.6 is 0 Å². The van der Waals surface area contributed by atoms with Gasteiger partial charge in [0.1, 0.15) is 5.82 Å². The predicted molar refractivity (Wildman–Crippen MR) is 49.7 cm³/mol. The zero-order valence-corrected chi connectivity index (χ0v) is 7.82. The molecule has 0 aliphatic carbocycles. The van der Waals surface area contributed by atoms with Crippen molar-refractivity contribution in [2.75, 3.05) is 5.73 Å². The average molecular weight is 182 g/mol. The van der Waals surface area contributed by atoms with E-state index in [0.717, 1.165) is 5.56 Å². The van der Waals surface area contributed by atoms with E-state index in [-0.39, 0.29) is 11.8 Å². The summed E-state index contributed by atoms with van der Waals surface area (Å²) in [6.07, 6.45) is 1.80. The molecule has 0 aliphatic rings. The maximum Gasteiger partial charge on any atom is 0.222 e. The van der Waals surface area contributed by atoms with Crippen molar-refractivity contribution in [1.82, 2.24) is 9.78 Å². The number of anilines is 1. The van der Waals surface area contributed by atoms with Crippen LogP contribution in [-0.2, 0) is 11.3 Å². The number of nitrogens with two attached hydrogens (primary N) is 2. The molecule has 1 aromatic rings. The fourth-order valence-corrected chi connectivity index (χ4v) is 1.000. The Kier molecular flexibility index (Phi) is 2.55. The summed E-state index contributed by atoms with van der Waals surface area (Å²) in [7, 11) is 0. The van der Waals surface area contributed by atoms with Gasteiger partial charge in [-0.2, -0.15) is 5.10 Å². The number of carbonyl (C=O) groups excluding carboxylic acids is 1. The molecule has 0 saturated heterocycles. The van der Waals surface area contributed by atoms with Crippen LogP contribution < -0.4 is 11.5 Å². The first kappa shape index (κ1) is 9.57. The van der Waals surface area contributed by atoms with Gasteiger partial charge in [-0.3, -0.25) is 9.48 Å². The lowest BCUT2D eigenvalue weighted by atomic mass is 10.2. The predicted octanol–water partition coefficient (Wildman–Crippen LogP) is -0.105. The second kappa shape index (κ2) is 3.47. The van der Waals surface area contributed by atoms with Gasteiger partial charge in [0.05, 0.1) is 12.5 Å². The van der Waals surface area contributed by atoms with Gasteiger partial charge < -0.3 is 11.5 Å². The first-order chi connectivity index (χ1) is 6.00. The van der Waals surface area contributed by atoms with Crippen molar-refractivity contribution in [2.45, 2.75) is 20.4 Å². The SMILES string of the molecule is Cc1cn(CC(C)C(N)=O)nc1N. The second-order valence-electron chi connectivity index (χ2n) is 3.22. The molecule has 1 rings (SSSR count). The Balaban J connectivity index is 2.69. The highest BCUT2D eigenvalue weighted by atomic mass is 16.1. The van der Waals surface area contributed by atoms with Crippen molar-refractivity contribution < 1.29 is 4.79 Å². The van der Waals surface area contributed by atoms with Gasteiger partial charge in [-0.25, -0.2) is 0 Å². The van der Waals surface area contributed by atoms with E-state index >= 15 is 0 Å². The minimum atomic E-state index is -0.327. The van der Waals surface area contributed by atoms with Gasteiger partial charge >= 0.3 is 0 Å². The van der Waals surface area contributed by atoms with Crippen molar-refractivity contribution in [2.24, 2.45) is 11.7 Å². The summed E-state index contributed by atoms with van der Waals surface area (Å²) in [5.41, 5.74) is 11.6. The average Bonchev–Trinajstić information content (AvgIpc) is 2.31. The van der Waals surface area contributed by atoms with E-state index in [2.05, 4.69) is 5.10 Å². The summed E-state index contributed by atoms with van der Waals surface area (Å²) in [5, 5.41) is 4.02. The van der Waals surface area contributed by atoms with Crippen molar-refractivity contribution in [1.29, 1.82) is 0 Å². The Morgan fingerprint density at radius 1 is 1.77 bits per heavy atom. The van der Waals surface area contributed by atoms with Crippen molar-refractivity contribution in [3.8, 4) is 0 Å². The summed E-state index contributed by atoms with van der Waals surface area (Å²) in [4.78, 5) is 10.7. The molecule has 1 aromatic heterocycles. The normalized spacial score (nSPS) is 12.8. The highest BCUT2D eigenvalue weighted by Crippen LogP contribution is 2.08. The minimum absolute atomic E-state index is 0.223. The van der Waals surface area contributed by atoms with Crippen LogP contribution in [0.1, 0.15) is 12.5 Å². The maximum atomic E-state index is 10.7. The van der Waals surface area contributed by atoms with E-state index in [1.54, 1.807) is 17.8 Å². The molecule has 4 N–H and O–H groups in total. The minimum Gasteiger partial charge on any atom is -0.382 e. The first-order valence-electron chi connectivity index (χ1n) is 4.09. The molecule has 0 saturated carbocycles. The highest BCUT2D eigenvalue weighted by molar-refractivity contribution is 5.76. The van der Waals surface area contributed by atoms with E-state index in [4.69, 9.17) is 11.5 Å². The molecule has 0 fully saturated rings. The first-order valence-corrected chi connectivity index (χ1v) is 4.09. The van der Waals surface area contributed by atoms with Gasteiger partial charge in [0, 0.05) is 11.8 Å². The van der Waals surface area contributed by atoms with Gasteiger partial charge in [0.25, 0.3) is 0 Å². The lowest BCUT2D eigenvalue weighted by Gasteiger charge is -2.05. The number of aromatic nitrogens is 2. The van der Waals surface area contributed by atoms with Crippen molar-refractivity contribution in [3.63, 3.8) is 0 Å². The largest absolute Gasteiger partial charge is 0.382 e. The molecule has 13 heavy (non-hydrogen) atoms. The Labute approximate surface area is 76.7 Å². The highest BCUT2D eigenvalue weighted by Gasteiger charge is 2.10. The molecule has 0 bridgehead atoms. The standard InChI is InChI=1S/C8H14N4O/c1-5-3-12(11-7(5)9)4-6(2)8(10)13/h3,6H,4H2,1-2H3,(H2,9,11)(H2,10,13). The van der Waals surface area contributed by atoms with E-state index in [1.165, 1.54) is 0 Å². The molecule has 1 amide bonds. The molecule has 0 radical (unpaired) electrons. The maximum absolute atomic E-state index is 10.7. The Morgan fingerprint density at radius 3 is 2.77 bits per heavy atom. The summed E-state index contributed by atoms with van der Waals surface area (Å²) >= 11 is 0. The van der Waals surface area contributed by atoms with Crippen LogP contribution in [0.4, 0.5) is 5.82 Å². The van der Waals surface area contributed by atoms with E-state index < -0.39 is 0 Å². The second-order valence-corrected chi connectivity index (χ2v) is 3.22. The molecular weight excluding hydrogens is 168 g/mol. The third-order valence-corrected chi connectivity index (χ3v) is 1.93. The Hall–Kier alpha value is -1.52. The van der Waals surface area contributed by atoms with Crippen LogP contribution in [0.25, 0.3) is 0 Å². The molecule has 0 spiro atoms. The van der Waals surface area contributed by atoms with Crippen LogP contribution in [0.5, 0.6) is 0 Å². The van der Waals surface area contributed by atoms with Gasteiger partial charge in [-0.15, -0.1) is 0 Å². The van der Waals surface area contributed by atoms with E-state index in [9.17, 15) is 4.79 Å². The fourth-order valence-electron chi connectivity index (χ4n) is 1.000. The van der Waals surface area contributed by atoms with Crippen LogP contribution in [0.2, 0.25) is 0 Å². The van der Waals surface area contributed by atoms with E-state index in [1.807, 2.05) is 6.92 Å². The molecule has 0 aromatic carbocycles. The topological polar surface area (TPSA) is 86.9 Å². The number of nitrogen functional groups attached to an aromatic ring is 1. The lowest BCUT2D eigenvalue weighted by Crippen LogP contribution is -2.24. The molecule has 1 unspecified atom stereocenters. The molecule has 72 valence electrons. The molecule has 1 heterocycles. The van der Waals surface area contributed by atoms with Crippen LogP contribution in [0.15, 0.2) is 6.20 Å². The third kappa shape index (κ3) is 2.21. The Bertz CT molecular complexity index is 298. The van der Waals surface area contributed by atoms with E-state index in [0.29, 0.717) is 12.4 Å². The summed E-state index contributed by atoms with van der Waals surface area (Å²) in [6.45, 7) is 4.11. The molecule has 5 heteroatoms. The molecule has 1 atom stereocenters. The van der Waals surface area contributed by atoms with Crippen LogP contribution in [0.3, 0.4) is 0 Å². The monoisotopic (exact) mass is 182 g/mol. The number of amides is 1. The number of hydrogen-bond acceptors (Lipinski definition) is 3. The summed E-state index contributed by atoms with van der Waals surface area (Å²) < 4.78 is 1.64. The number of hydrogen-bond donors (Lipinski definition) is 2. The van der Waals surface area contributed by atoms with Crippen LogP contribution in [-0.4, -0.2) is 15.7 Å².